The molecule has 17 heavy (non-hydrogen) atoms. The van der Waals surface area contributed by atoms with E-state index in [-0.39, 0.29) is 18.1 Å². The normalized spacial score (nSPS) is 12.5. The first-order valence-electron chi connectivity index (χ1n) is 5.53. The predicted octanol–water partition coefficient (Wildman–Crippen LogP) is 0.196. The minimum atomic E-state index is -0.558. The van der Waals surface area contributed by atoms with Crippen molar-refractivity contribution in [3.8, 4) is 0 Å². The highest BCUT2D eigenvalue weighted by molar-refractivity contribution is 5.96. The number of nitrogens with zero attached hydrogens (tertiary/aromatic N) is 2. The molecule has 4 N–H and O–H groups in total. The van der Waals surface area contributed by atoms with Gasteiger partial charge >= 0.3 is 0 Å². The van der Waals surface area contributed by atoms with Crippen LogP contribution in [-0.2, 0) is 0 Å². The number of rotatable bonds is 5. The van der Waals surface area contributed by atoms with Gasteiger partial charge in [-0.25, -0.2) is 9.97 Å². The fourth-order valence-corrected chi connectivity index (χ4v) is 1.45. The number of nitrogens with one attached hydrogen (secondary N) is 1. The lowest BCUT2D eigenvalue weighted by Crippen LogP contribution is -2.33. The van der Waals surface area contributed by atoms with E-state index in [4.69, 9.17) is 5.73 Å². The van der Waals surface area contributed by atoms with E-state index in [9.17, 15) is 9.90 Å². The maximum absolute atomic E-state index is 11.7. The number of carbonyl (C=O) groups is 1. The number of aliphatic hydroxyl groups is 1. The summed E-state index contributed by atoms with van der Waals surface area (Å²) in [5, 5.41) is 12.2. The number of anilines is 1. The van der Waals surface area contributed by atoms with E-state index in [0.717, 1.165) is 0 Å². The maximum atomic E-state index is 11.7. The average Bonchev–Trinajstić information content (AvgIpc) is 2.25. The van der Waals surface area contributed by atoms with E-state index in [1.165, 1.54) is 12.4 Å². The van der Waals surface area contributed by atoms with Crippen LogP contribution < -0.4 is 11.1 Å². The number of aromatic nitrogens is 2. The Bertz CT molecular complexity index is 381. The van der Waals surface area contributed by atoms with Gasteiger partial charge in [-0.2, -0.15) is 0 Å². The second kappa shape index (κ2) is 6.15. The first-order chi connectivity index (χ1) is 8.00. The molecular weight excluding hydrogens is 220 g/mol. The molecule has 0 aromatic carbocycles. The van der Waals surface area contributed by atoms with Gasteiger partial charge in [0, 0.05) is 18.9 Å². The molecule has 0 bridgehead atoms. The molecule has 0 aliphatic heterocycles. The summed E-state index contributed by atoms with van der Waals surface area (Å²) in [7, 11) is 0. The van der Waals surface area contributed by atoms with Crippen molar-refractivity contribution in [2.75, 3.05) is 12.3 Å². The van der Waals surface area contributed by atoms with Gasteiger partial charge in [0.1, 0.15) is 0 Å². The van der Waals surface area contributed by atoms with E-state index < -0.39 is 12.0 Å². The first-order valence-corrected chi connectivity index (χ1v) is 5.53. The number of hydrogen-bond donors (Lipinski definition) is 3. The molecule has 1 heterocycles. The minimum absolute atomic E-state index is 0.0864. The molecule has 0 aliphatic carbocycles. The number of aliphatic hydroxyl groups excluding tert-OH is 1. The molecule has 0 aliphatic rings. The molecule has 1 unspecified atom stereocenters. The Hall–Kier alpha value is -1.69. The molecule has 0 saturated heterocycles. The van der Waals surface area contributed by atoms with Gasteiger partial charge in [0.15, 0.2) is 11.5 Å². The van der Waals surface area contributed by atoms with Crippen LogP contribution in [0.5, 0.6) is 0 Å². The smallest absolute Gasteiger partial charge is 0.273 e. The molecule has 6 heteroatoms. The van der Waals surface area contributed by atoms with Gasteiger partial charge in [-0.3, -0.25) is 4.79 Å². The summed E-state index contributed by atoms with van der Waals surface area (Å²) in [5.41, 5.74) is 5.60. The average molecular weight is 238 g/mol. The predicted molar refractivity (Wildman–Crippen MR) is 64.2 cm³/mol. The quantitative estimate of drug-likeness (QED) is 0.680. The largest absolute Gasteiger partial charge is 0.391 e. The molecule has 6 nitrogen and oxygen atoms in total. The zero-order valence-electron chi connectivity index (χ0n) is 10.1. The summed E-state index contributed by atoms with van der Waals surface area (Å²) >= 11 is 0. The summed E-state index contributed by atoms with van der Waals surface area (Å²) in [6, 6.07) is 0. The van der Waals surface area contributed by atoms with E-state index in [1.54, 1.807) is 0 Å². The van der Waals surface area contributed by atoms with Crippen LogP contribution in [0.25, 0.3) is 0 Å². The van der Waals surface area contributed by atoms with Gasteiger partial charge in [-0.15, -0.1) is 0 Å². The van der Waals surface area contributed by atoms with Crippen molar-refractivity contribution in [2.45, 2.75) is 26.4 Å². The Kier molecular flexibility index (Phi) is 4.84. The molecule has 1 aromatic rings. The first kappa shape index (κ1) is 13.4. The van der Waals surface area contributed by atoms with Crippen LogP contribution in [0.2, 0.25) is 0 Å². The van der Waals surface area contributed by atoms with E-state index in [0.29, 0.717) is 12.3 Å². The second-order valence-corrected chi connectivity index (χ2v) is 4.28. The SMILES string of the molecule is CC(C)CC(O)CNC(=O)c1nccnc1N. The zero-order chi connectivity index (χ0) is 12.8. The van der Waals surface area contributed by atoms with E-state index in [2.05, 4.69) is 15.3 Å². The topological polar surface area (TPSA) is 101 Å². The van der Waals surface area contributed by atoms with Crippen molar-refractivity contribution in [1.29, 1.82) is 0 Å². The number of nitrogens with two attached hydrogens (primary N) is 1. The Labute approximate surface area is 100 Å². The monoisotopic (exact) mass is 238 g/mol. The molecule has 0 spiro atoms. The molecule has 94 valence electrons. The van der Waals surface area contributed by atoms with Crippen molar-refractivity contribution >= 4 is 11.7 Å². The minimum Gasteiger partial charge on any atom is -0.391 e. The van der Waals surface area contributed by atoms with E-state index in [1.807, 2.05) is 13.8 Å². The van der Waals surface area contributed by atoms with Crippen LogP contribution >= 0.6 is 0 Å². The summed E-state index contributed by atoms with van der Waals surface area (Å²) in [6.07, 6.45) is 2.89. The van der Waals surface area contributed by atoms with Crippen LogP contribution in [0.15, 0.2) is 12.4 Å². The molecule has 1 amide bonds. The lowest BCUT2D eigenvalue weighted by Gasteiger charge is -2.13. The zero-order valence-corrected chi connectivity index (χ0v) is 10.1. The maximum Gasteiger partial charge on any atom is 0.273 e. The number of carbonyl (C=O) groups excluding carboxylic acids is 1. The Balaban J connectivity index is 2.48. The molecular formula is C11H18N4O2. The van der Waals surface area contributed by atoms with Gasteiger partial charge in [-0.1, -0.05) is 13.8 Å². The fourth-order valence-electron chi connectivity index (χ4n) is 1.45. The third-order valence-corrected chi connectivity index (χ3v) is 2.18. The molecule has 1 aromatic heterocycles. The van der Waals surface area contributed by atoms with Crippen molar-refractivity contribution in [3.63, 3.8) is 0 Å². The Morgan fingerprint density at radius 3 is 2.71 bits per heavy atom. The van der Waals surface area contributed by atoms with Crippen LogP contribution in [-0.4, -0.2) is 33.6 Å². The number of amides is 1. The highest BCUT2D eigenvalue weighted by atomic mass is 16.3. The number of hydrogen-bond acceptors (Lipinski definition) is 5. The standard InChI is InChI=1S/C11H18N4O2/c1-7(2)5-8(16)6-15-11(17)9-10(12)14-4-3-13-9/h3-4,7-8,16H,5-6H2,1-2H3,(H2,12,14)(H,15,17). The van der Waals surface area contributed by atoms with Crippen molar-refractivity contribution in [3.05, 3.63) is 18.1 Å². The van der Waals surface area contributed by atoms with Crippen molar-refractivity contribution in [2.24, 2.45) is 5.92 Å². The fraction of sp³-hybridized carbons (Fsp3) is 0.545. The summed E-state index contributed by atoms with van der Waals surface area (Å²) < 4.78 is 0. The highest BCUT2D eigenvalue weighted by Crippen LogP contribution is 2.05. The van der Waals surface area contributed by atoms with Crippen molar-refractivity contribution < 1.29 is 9.90 Å². The molecule has 0 radical (unpaired) electrons. The van der Waals surface area contributed by atoms with Crippen LogP contribution in [0.3, 0.4) is 0 Å². The Morgan fingerprint density at radius 2 is 2.12 bits per heavy atom. The summed E-state index contributed by atoms with van der Waals surface area (Å²) in [5.74, 6) is 0.0465. The molecule has 1 atom stereocenters. The summed E-state index contributed by atoms with van der Waals surface area (Å²) in [6.45, 7) is 4.20. The van der Waals surface area contributed by atoms with Crippen LogP contribution in [0.1, 0.15) is 30.8 Å². The van der Waals surface area contributed by atoms with Gasteiger partial charge in [0.05, 0.1) is 6.10 Å². The highest BCUT2D eigenvalue weighted by Gasteiger charge is 2.13. The van der Waals surface area contributed by atoms with Gasteiger partial charge in [0.25, 0.3) is 5.91 Å². The third-order valence-electron chi connectivity index (χ3n) is 2.18. The van der Waals surface area contributed by atoms with Crippen LogP contribution in [0, 0.1) is 5.92 Å². The van der Waals surface area contributed by atoms with E-state index >= 15 is 0 Å². The molecule has 0 fully saturated rings. The lowest BCUT2D eigenvalue weighted by molar-refractivity contribution is 0.0896. The van der Waals surface area contributed by atoms with Crippen molar-refractivity contribution in [1.82, 2.24) is 15.3 Å². The Morgan fingerprint density at radius 1 is 1.47 bits per heavy atom. The van der Waals surface area contributed by atoms with Gasteiger partial charge in [-0.05, 0) is 12.3 Å². The number of nitrogen functional groups attached to an aromatic ring is 1. The van der Waals surface area contributed by atoms with Gasteiger partial charge < -0.3 is 16.2 Å². The lowest BCUT2D eigenvalue weighted by atomic mass is 10.1. The summed E-state index contributed by atoms with van der Waals surface area (Å²) in [4.78, 5) is 19.3. The second-order valence-electron chi connectivity index (χ2n) is 4.28. The molecule has 1 rings (SSSR count). The van der Waals surface area contributed by atoms with Crippen LogP contribution in [0.4, 0.5) is 5.82 Å². The third kappa shape index (κ3) is 4.36. The van der Waals surface area contributed by atoms with Gasteiger partial charge in [0.2, 0.25) is 0 Å². The molecule has 0 saturated carbocycles.